The van der Waals surface area contributed by atoms with Crippen molar-refractivity contribution in [3.05, 3.63) is 35.9 Å². The summed E-state index contributed by atoms with van der Waals surface area (Å²) in [6, 6.07) is 9.34. The van der Waals surface area contributed by atoms with Crippen LogP contribution in [0.4, 0.5) is 0 Å². The molecule has 2 unspecified atom stereocenters. The second-order valence-corrected chi connectivity index (χ2v) is 5.91. The Labute approximate surface area is 124 Å². The lowest BCUT2D eigenvalue weighted by Crippen LogP contribution is -2.50. The fourth-order valence-electron chi connectivity index (χ4n) is 2.82. The summed E-state index contributed by atoms with van der Waals surface area (Å²) in [4.78, 5) is 25.0. The lowest BCUT2D eigenvalue weighted by molar-refractivity contribution is -0.137. The summed E-state index contributed by atoms with van der Waals surface area (Å²) in [6.45, 7) is 2.99. The van der Waals surface area contributed by atoms with Gasteiger partial charge in [-0.3, -0.25) is 9.59 Å². The molecular weight excluding hydrogens is 268 g/mol. The van der Waals surface area contributed by atoms with Gasteiger partial charge >= 0.3 is 5.97 Å². The highest BCUT2D eigenvalue weighted by Crippen LogP contribution is 2.26. The van der Waals surface area contributed by atoms with Gasteiger partial charge in [-0.05, 0) is 31.2 Å². The molecule has 1 amide bonds. The number of nitrogens with zero attached hydrogens (tertiary/aromatic N) is 1. The number of carbonyl (C=O) groups excluding carboxylic acids is 1. The number of rotatable bonds is 5. The summed E-state index contributed by atoms with van der Waals surface area (Å²) >= 11 is 0. The van der Waals surface area contributed by atoms with Gasteiger partial charge in [0.15, 0.2) is 0 Å². The zero-order valence-corrected chi connectivity index (χ0v) is 12.3. The number of aliphatic carboxylic acids is 1. The lowest BCUT2D eigenvalue weighted by atomic mass is 9.91. The number of benzene rings is 1. The van der Waals surface area contributed by atoms with Crippen LogP contribution in [0, 0.1) is 5.92 Å². The maximum atomic E-state index is 12.6. The molecule has 2 rings (SSSR count). The summed E-state index contributed by atoms with van der Waals surface area (Å²) < 4.78 is 0. The predicted octanol–water partition coefficient (Wildman–Crippen LogP) is 1.57. The van der Waals surface area contributed by atoms with E-state index in [1.54, 1.807) is 11.8 Å². The van der Waals surface area contributed by atoms with Gasteiger partial charge in [-0.1, -0.05) is 30.3 Å². The van der Waals surface area contributed by atoms with Gasteiger partial charge in [-0.2, -0.15) is 0 Å². The van der Waals surface area contributed by atoms with E-state index in [2.05, 4.69) is 0 Å². The topological polar surface area (TPSA) is 83.6 Å². The first-order valence-electron chi connectivity index (χ1n) is 7.27. The third-order valence-electron chi connectivity index (χ3n) is 4.16. The van der Waals surface area contributed by atoms with Crippen molar-refractivity contribution in [3.8, 4) is 0 Å². The van der Waals surface area contributed by atoms with E-state index in [1.165, 1.54) is 0 Å². The lowest BCUT2D eigenvalue weighted by Gasteiger charge is -2.29. The summed E-state index contributed by atoms with van der Waals surface area (Å²) in [5.74, 6) is -0.615. The zero-order chi connectivity index (χ0) is 15.5. The number of amides is 1. The van der Waals surface area contributed by atoms with Gasteiger partial charge in [0, 0.05) is 19.5 Å². The van der Waals surface area contributed by atoms with Crippen molar-refractivity contribution in [2.75, 3.05) is 13.1 Å². The predicted molar refractivity (Wildman–Crippen MR) is 79.5 cm³/mol. The van der Waals surface area contributed by atoms with Crippen LogP contribution in [0.25, 0.3) is 0 Å². The Morgan fingerprint density at radius 2 is 2.05 bits per heavy atom. The number of hydrogen-bond acceptors (Lipinski definition) is 3. The van der Waals surface area contributed by atoms with Crippen LogP contribution in [0.3, 0.4) is 0 Å². The van der Waals surface area contributed by atoms with E-state index in [0.717, 1.165) is 12.0 Å². The largest absolute Gasteiger partial charge is 0.481 e. The molecule has 0 saturated carbocycles. The minimum Gasteiger partial charge on any atom is -0.481 e. The van der Waals surface area contributed by atoms with Crippen LogP contribution in [0.5, 0.6) is 0 Å². The Bertz CT molecular complexity index is 514. The number of likely N-dealkylation sites (tertiary alicyclic amines) is 1. The van der Waals surface area contributed by atoms with Gasteiger partial charge in [0.25, 0.3) is 0 Å². The second kappa shape index (κ2) is 6.26. The third kappa shape index (κ3) is 3.61. The highest BCUT2D eigenvalue weighted by atomic mass is 16.4. The molecule has 0 bridgehead atoms. The fraction of sp³-hybridized carbons (Fsp3) is 0.500. The number of carboxylic acids is 1. The molecule has 0 radical (unpaired) electrons. The van der Waals surface area contributed by atoms with E-state index in [4.69, 9.17) is 10.8 Å². The van der Waals surface area contributed by atoms with Gasteiger partial charge in [0.2, 0.25) is 5.91 Å². The van der Waals surface area contributed by atoms with E-state index in [9.17, 15) is 9.59 Å². The Balaban J connectivity index is 1.99. The van der Waals surface area contributed by atoms with Crippen LogP contribution in [-0.2, 0) is 15.1 Å². The summed E-state index contributed by atoms with van der Waals surface area (Å²) in [7, 11) is 0. The molecule has 1 aliphatic heterocycles. The van der Waals surface area contributed by atoms with Gasteiger partial charge in [0.1, 0.15) is 5.54 Å². The van der Waals surface area contributed by atoms with Crippen molar-refractivity contribution in [2.45, 2.75) is 31.7 Å². The highest BCUT2D eigenvalue weighted by molar-refractivity contribution is 5.87. The molecule has 1 aromatic rings. The van der Waals surface area contributed by atoms with Crippen LogP contribution in [0.15, 0.2) is 30.3 Å². The first-order valence-corrected chi connectivity index (χ1v) is 7.27. The molecule has 1 heterocycles. The maximum absolute atomic E-state index is 12.6. The van der Waals surface area contributed by atoms with Gasteiger partial charge in [-0.15, -0.1) is 0 Å². The van der Waals surface area contributed by atoms with E-state index >= 15 is 0 Å². The van der Waals surface area contributed by atoms with Crippen LogP contribution in [-0.4, -0.2) is 35.0 Å². The van der Waals surface area contributed by atoms with Crippen LogP contribution >= 0.6 is 0 Å². The zero-order valence-electron chi connectivity index (χ0n) is 12.3. The minimum absolute atomic E-state index is 0.0912. The first kappa shape index (κ1) is 15.5. The van der Waals surface area contributed by atoms with E-state index in [-0.39, 0.29) is 18.2 Å². The van der Waals surface area contributed by atoms with Crippen molar-refractivity contribution < 1.29 is 14.7 Å². The molecule has 1 saturated heterocycles. The maximum Gasteiger partial charge on any atom is 0.303 e. The second-order valence-electron chi connectivity index (χ2n) is 5.91. The SMILES string of the molecule is CC(N)(C(=O)N1CCC(CCC(=O)O)C1)c1ccccc1. The standard InChI is InChI=1S/C16H22N2O3/c1-16(17,13-5-3-2-4-6-13)15(21)18-10-9-12(11-18)7-8-14(19)20/h2-6,12H,7-11,17H2,1H3,(H,19,20). The van der Waals surface area contributed by atoms with Crippen molar-refractivity contribution in [1.82, 2.24) is 4.90 Å². The number of nitrogens with two attached hydrogens (primary N) is 1. The molecule has 0 aromatic heterocycles. The number of carboxylic acid groups (broad SMARTS) is 1. The van der Waals surface area contributed by atoms with Crippen molar-refractivity contribution >= 4 is 11.9 Å². The molecule has 1 fully saturated rings. The van der Waals surface area contributed by atoms with E-state index in [0.29, 0.717) is 19.5 Å². The Morgan fingerprint density at radius 1 is 1.38 bits per heavy atom. The van der Waals surface area contributed by atoms with Gasteiger partial charge < -0.3 is 15.7 Å². The molecule has 5 nitrogen and oxygen atoms in total. The van der Waals surface area contributed by atoms with E-state index in [1.807, 2.05) is 30.3 Å². The van der Waals surface area contributed by atoms with Crippen LogP contribution in [0.1, 0.15) is 31.7 Å². The quantitative estimate of drug-likeness (QED) is 0.862. The summed E-state index contributed by atoms with van der Waals surface area (Å²) in [6.07, 6.45) is 1.63. The molecule has 2 atom stereocenters. The molecule has 0 spiro atoms. The van der Waals surface area contributed by atoms with Crippen molar-refractivity contribution in [3.63, 3.8) is 0 Å². The van der Waals surface area contributed by atoms with Crippen molar-refractivity contribution in [1.29, 1.82) is 0 Å². The third-order valence-corrected chi connectivity index (χ3v) is 4.16. The summed E-state index contributed by atoms with van der Waals surface area (Å²) in [5, 5.41) is 8.73. The molecule has 3 N–H and O–H groups in total. The van der Waals surface area contributed by atoms with Crippen LogP contribution < -0.4 is 5.73 Å². The monoisotopic (exact) mass is 290 g/mol. The molecule has 114 valence electrons. The smallest absolute Gasteiger partial charge is 0.303 e. The average molecular weight is 290 g/mol. The molecular formula is C16H22N2O3. The Kier molecular flexibility index (Phi) is 4.63. The van der Waals surface area contributed by atoms with Gasteiger partial charge in [0.05, 0.1) is 0 Å². The Hall–Kier alpha value is -1.88. The van der Waals surface area contributed by atoms with Crippen molar-refractivity contribution in [2.24, 2.45) is 11.7 Å². The molecule has 1 aromatic carbocycles. The number of carbonyl (C=O) groups is 2. The van der Waals surface area contributed by atoms with Gasteiger partial charge in [-0.25, -0.2) is 0 Å². The van der Waals surface area contributed by atoms with E-state index < -0.39 is 11.5 Å². The minimum atomic E-state index is -1.04. The molecule has 5 heteroatoms. The number of hydrogen-bond donors (Lipinski definition) is 2. The molecule has 21 heavy (non-hydrogen) atoms. The first-order chi connectivity index (χ1) is 9.91. The average Bonchev–Trinajstić information content (AvgIpc) is 2.94. The Morgan fingerprint density at radius 3 is 2.67 bits per heavy atom. The highest BCUT2D eigenvalue weighted by Gasteiger charge is 2.37. The summed E-state index contributed by atoms with van der Waals surface area (Å²) in [5.41, 5.74) is 6.00. The molecule has 0 aliphatic carbocycles. The fourth-order valence-corrected chi connectivity index (χ4v) is 2.82. The molecule has 1 aliphatic rings. The van der Waals surface area contributed by atoms with Crippen LogP contribution in [0.2, 0.25) is 0 Å². The normalized spacial score (nSPS) is 21.0.